The number of aliphatic carboxylic acids is 1. The van der Waals surface area contributed by atoms with Crippen LogP contribution in [0.3, 0.4) is 0 Å². The summed E-state index contributed by atoms with van der Waals surface area (Å²) in [6.07, 6.45) is 1.57. The van der Waals surface area contributed by atoms with Gasteiger partial charge in [0.15, 0.2) is 0 Å². The molecule has 1 heterocycles. The Hall–Kier alpha value is -1.40. The molecule has 1 aliphatic rings. The molecule has 0 saturated carbocycles. The van der Waals surface area contributed by atoms with Crippen molar-refractivity contribution in [2.24, 2.45) is 5.41 Å². The smallest absolute Gasteiger partial charge is 0.310 e. The zero-order chi connectivity index (χ0) is 15.5. The molecule has 1 aliphatic heterocycles. The molecule has 0 bridgehead atoms. The van der Waals surface area contributed by atoms with E-state index in [9.17, 15) is 18.3 Å². The van der Waals surface area contributed by atoms with E-state index in [2.05, 4.69) is 0 Å². The van der Waals surface area contributed by atoms with Gasteiger partial charge in [-0.05, 0) is 24.8 Å². The number of nitrogens with zero attached hydrogens (tertiary/aromatic N) is 1. The van der Waals surface area contributed by atoms with Crippen LogP contribution in [0.5, 0.6) is 0 Å². The number of carboxylic acid groups (broad SMARTS) is 1. The summed E-state index contributed by atoms with van der Waals surface area (Å²) in [6, 6.07) is 8.98. The first-order valence-electron chi connectivity index (χ1n) is 7.15. The van der Waals surface area contributed by atoms with Gasteiger partial charge in [0.1, 0.15) is 0 Å². The van der Waals surface area contributed by atoms with Crippen LogP contribution in [0, 0.1) is 5.41 Å². The topological polar surface area (TPSA) is 74.7 Å². The fourth-order valence-corrected chi connectivity index (χ4v) is 4.46. The van der Waals surface area contributed by atoms with Crippen LogP contribution in [0.2, 0.25) is 0 Å². The van der Waals surface area contributed by atoms with Gasteiger partial charge in [0.2, 0.25) is 10.0 Å². The van der Waals surface area contributed by atoms with Crippen LogP contribution in [0.15, 0.2) is 30.3 Å². The monoisotopic (exact) mass is 311 g/mol. The number of benzene rings is 1. The number of piperidine rings is 1. The molecular weight excluding hydrogens is 290 g/mol. The van der Waals surface area contributed by atoms with Gasteiger partial charge in [-0.15, -0.1) is 0 Å². The summed E-state index contributed by atoms with van der Waals surface area (Å²) >= 11 is 0. The summed E-state index contributed by atoms with van der Waals surface area (Å²) in [7, 11) is -3.48. The normalized spacial score (nSPS) is 23.9. The third kappa shape index (κ3) is 3.44. The molecule has 1 unspecified atom stereocenters. The second-order valence-corrected chi connectivity index (χ2v) is 7.59. The van der Waals surface area contributed by atoms with Crippen LogP contribution in [0.25, 0.3) is 0 Å². The van der Waals surface area contributed by atoms with E-state index in [1.54, 1.807) is 31.2 Å². The van der Waals surface area contributed by atoms with E-state index in [-0.39, 0.29) is 12.3 Å². The van der Waals surface area contributed by atoms with E-state index in [4.69, 9.17) is 0 Å². The minimum Gasteiger partial charge on any atom is -0.481 e. The molecule has 116 valence electrons. The Morgan fingerprint density at radius 2 is 2.00 bits per heavy atom. The molecule has 0 aromatic heterocycles. The van der Waals surface area contributed by atoms with Crippen LogP contribution in [0.4, 0.5) is 0 Å². The first-order chi connectivity index (χ1) is 9.89. The van der Waals surface area contributed by atoms with Crippen LogP contribution >= 0.6 is 0 Å². The minimum absolute atomic E-state index is 0.0761. The van der Waals surface area contributed by atoms with Crippen LogP contribution in [-0.4, -0.2) is 36.9 Å². The van der Waals surface area contributed by atoms with Gasteiger partial charge in [-0.1, -0.05) is 37.3 Å². The SMILES string of the molecule is CCC1(C(=O)O)CCCN(S(=O)(=O)Cc2ccccc2)C1. The van der Waals surface area contributed by atoms with Gasteiger partial charge in [-0.25, -0.2) is 12.7 Å². The Balaban J connectivity index is 2.18. The molecule has 1 saturated heterocycles. The van der Waals surface area contributed by atoms with Crippen molar-refractivity contribution in [3.05, 3.63) is 35.9 Å². The Labute approximate surface area is 125 Å². The highest BCUT2D eigenvalue weighted by molar-refractivity contribution is 7.88. The lowest BCUT2D eigenvalue weighted by atomic mass is 9.78. The molecule has 0 amide bonds. The maximum atomic E-state index is 12.5. The molecule has 1 aromatic rings. The Bertz CT molecular complexity index is 599. The number of sulfonamides is 1. The second-order valence-electron chi connectivity index (χ2n) is 5.62. The molecule has 21 heavy (non-hydrogen) atoms. The minimum atomic E-state index is -3.48. The maximum absolute atomic E-state index is 12.5. The average Bonchev–Trinajstić information content (AvgIpc) is 2.47. The number of carbonyl (C=O) groups is 1. The van der Waals surface area contributed by atoms with Crippen LogP contribution in [-0.2, 0) is 20.6 Å². The summed E-state index contributed by atoms with van der Waals surface area (Å²) < 4.78 is 26.4. The van der Waals surface area contributed by atoms with E-state index in [0.717, 1.165) is 5.56 Å². The van der Waals surface area contributed by atoms with E-state index in [0.29, 0.717) is 25.8 Å². The highest BCUT2D eigenvalue weighted by atomic mass is 32.2. The first-order valence-corrected chi connectivity index (χ1v) is 8.76. The van der Waals surface area contributed by atoms with Crippen molar-refractivity contribution in [1.82, 2.24) is 4.31 Å². The molecule has 6 heteroatoms. The van der Waals surface area contributed by atoms with Gasteiger partial charge in [-0.3, -0.25) is 4.79 Å². The number of carboxylic acids is 1. The molecule has 5 nitrogen and oxygen atoms in total. The molecule has 0 radical (unpaired) electrons. The fourth-order valence-electron chi connectivity index (χ4n) is 2.82. The summed E-state index contributed by atoms with van der Waals surface area (Å²) in [6.45, 7) is 2.29. The molecule has 1 aromatic carbocycles. The fraction of sp³-hybridized carbons (Fsp3) is 0.533. The van der Waals surface area contributed by atoms with Crippen molar-refractivity contribution in [1.29, 1.82) is 0 Å². The van der Waals surface area contributed by atoms with Crippen molar-refractivity contribution in [2.75, 3.05) is 13.1 Å². The molecular formula is C15H21NO4S. The molecule has 0 aliphatic carbocycles. The molecule has 2 rings (SSSR count). The molecule has 1 atom stereocenters. The summed E-state index contributed by atoms with van der Waals surface area (Å²) in [5.74, 6) is -0.975. The van der Waals surface area contributed by atoms with Crippen molar-refractivity contribution in [3.63, 3.8) is 0 Å². The Kier molecular flexibility index (Phi) is 4.68. The third-order valence-electron chi connectivity index (χ3n) is 4.26. The predicted octanol–water partition coefficient (Wildman–Crippen LogP) is 2.09. The van der Waals surface area contributed by atoms with Crippen LogP contribution in [0.1, 0.15) is 31.7 Å². The predicted molar refractivity (Wildman–Crippen MR) is 80.2 cm³/mol. The summed E-state index contributed by atoms with van der Waals surface area (Å²) in [5.41, 5.74) is -0.220. The molecule has 1 fully saturated rings. The van der Waals surface area contributed by atoms with E-state index >= 15 is 0 Å². The van der Waals surface area contributed by atoms with E-state index in [1.807, 2.05) is 6.07 Å². The molecule has 0 spiro atoms. The first kappa shape index (κ1) is 16.0. The van der Waals surface area contributed by atoms with Gasteiger partial charge >= 0.3 is 5.97 Å². The summed E-state index contributed by atoms with van der Waals surface area (Å²) in [5, 5.41) is 9.44. The number of hydrogen-bond acceptors (Lipinski definition) is 3. The zero-order valence-electron chi connectivity index (χ0n) is 12.2. The summed E-state index contributed by atoms with van der Waals surface area (Å²) in [4.78, 5) is 11.5. The third-order valence-corrected chi connectivity index (χ3v) is 6.05. The van der Waals surface area contributed by atoms with E-state index in [1.165, 1.54) is 4.31 Å². The largest absolute Gasteiger partial charge is 0.481 e. The van der Waals surface area contributed by atoms with Crippen molar-refractivity contribution in [2.45, 2.75) is 31.9 Å². The van der Waals surface area contributed by atoms with Crippen LogP contribution < -0.4 is 0 Å². The standard InChI is InChI=1S/C15H21NO4S/c1-2-15(14(17)18)9-6-10-16(12-15)21(19,20)11-13-7-4-3-5-8-13/h3-5,7-8H,2,6,9-12H2,1H3,(H,17,18). The van der Waals surface area contributed by atoms with E-state index < -0.39 is 21.4 Å². The highest BCUT2D eigenvalue weighted by Crippen LogP contribution is 2.35. The van der Waals surface area contributed by atoms with Gasteiger partial charge < -0.3 is 5.11 Å². The number of hydrogen-bond donors (Lipinski definition) is 1. The quantitative estimate of drug-likeness (QED) is 0.903. The lowest BCUT2D eigenvalue weighted by molar-refractivity contribution is -0.151. The van der Waals surface area contributed by atoms with Gasteiger partial charge in [-0.2, -0.15) is 0 Å². The number of rotatable bonds is 5. The van der Waals surface area contributed by atoms with Crippen molar-refractivity contribution >= 4 is 16.0 Å². The highest BCUT2D eigenvalue weighted by Gasteiger charge is 2.43. The van der Waals surface area contributed by atoms with Crippen molar-refractivity contribution in [3.8, 4) is 0 Å². The molecule has 1 N–H and O–H groups in total. The van der Waals surface area contributed by atoms with Gasteiger partial charge in [0.05, 0.1) is 11.2 Å². The Morgan fingerprint density at radius 3 is 2.57 bits per heavy atom. The second kappa shape index (κ2) is 6.15. The van der Waals surface area contributed by atoms with Crippen molar-refractivity contribution < 1.29 is 18.3 Å². The zero-order valence-corrected chi connectivity index (χ0v) is 13.0. The maximum Gasteiger partial charge on any atom is 0.310 e. The lowest BCUT2D eigenvalue weighted by Crippen LogP contribution is -2.49. The lowest BCUT2D eigenvalue weighted by Gasteiger charge is -2.38. The van der Waals surface area contributed by atoms with Gasteiger partial charge in [0, 0.05) is 13.1 Å². The average molecular weight is 311 g/mol. The Morgan fingerprint density at radius 1 is 1.33 bits per heavy atom. The van der Waals surface area contributed by atoms with Gasteiger partial charge in [0.25, 0.3) is 0 Å².